The van der Waals surface area contributed by atoms with Gasteiger partial charge in [0.25, 0.3) is 0 Å². The number of nitrogens with one attached hydrogen (secondary N) is 2. The van der Waals surface area contributed by atoms with Crippen molar-refractivity contribution in [2.75, 3.05) is 5.32 Å². The lowest BCUT2D eigenvalue weighted by Crippen LogP contribution is -2.28. The number of hydrogen-bond donors (Lipinski definition) is 3. The minimum Gasteiger partial charge on any atom is -0.334 e. The number of nitrogens with two attached hydrogens (primary N) is 1. The Morgan fingerprint density at radius 1 is 1.08 bits per heavy atom. The predicted octanol–water partition coefficient (Wildman–Crippen LogP) is 2.87. The second kappa shape index (κ2) is 7.63. The number of carbonyl (C=O) groups excluding carboxylic acids is 1. The van der Waals surface area contributed by atoms with Crippen LogP contribution in [0.4, 0.5) is 10.6 Å². The number of hydrogen-bond acceptors (Lipinski definition) is 3. The van der Waals surface area contributed by atoms with E-state index in [1.807, 2.05) is 67.7 Å². The molecule has 0 bridgehead atoms. The van der Waals surface area contributed by atoms with E-state index in [9.17, 15) is 4.79 Å². The minimum atomic E-state index is -0.295. The monoisotopic (exact) mass is 335 g/mol. The average molecular weight is 335 g/mol. The van der Waals surface area contributed by atoms with Gasteiger partial charge < -0.3 is 11.1 Å². The molecule has 0 unspecified atom stereocenters. The fourth-order valence-electron chi connectivity index (χ4n) is 2.62. The first-order chi connectivity index (χ1) is 12.2. The molecule has 1 aromatic heterocycles. The van der Waals surface area contributed by atoms with Crippen molar-refractivity contribution in [3.8, 4) is 11.3 Å². The Bertz CT molecular complexity index is 857. The number of amides is 2. The van der Waals surface area contributed by atoms with E-state index >= 15 is 0 Å². The Hall–Kier alpha value is -3.12. The van der Waals surface area contributed by atoms with Gasteiger partial charge in [-0.3, -0.25) is 10.00 Å². The summed E-state index contributed by atoms with van der Waals surface area (Å²) in [7, 11) is 1.85. The zero-order valence-corrected chi connectivity index (χ0v) is 14.1. The Labute approximate surface area is 146 Å². The molecule has 0 fully saturated rings. The van der Waals surface area contributed by atoms with Crippen LogP contribution in [-0.4, -0.2) is 15.8 Å². The molecule has 2 amide bonds. The molecule has 3 rings (SSSR count). The third-order valence-electron chi connectivity index (χ3n) is 3.87. The lowest BCUT2D eigenvalue weighted by Gasteiger charge is -2.07. The van der Waals surface area contributed by atoms with Crippen LogP contribution in [0.2, 0.25) is 0 Å². The van der Waals surface area contributed by atoms with Gasteiger partial charge in [0.1, 0.15) is 0 Å². The molecule has 0 spiro atoms. The van der Waals surface area contributed by atoms with Crippen LogP contribution in [0.3, 0.4) is 0 Å². The van der Waals surface area contributed by atoms with Gasteiger partial charge in [0, 0.05) is 26.2 Å². The number of anilines is 1. The molecular weight excluding hydrogens is 314 g/mol. The second-order valence-corrected chi connectivity index (χ2v) is 5.74. The maximum absolute atomic E-state index is 12.1. The average Bonchev–Trinajstić information content (AvgIpc) is 3.01. The van der Waals surface area contributed by atoms with Crippen molar-refractivity contribution >= 4 is 11.8 Å². The highest BCUT2D eigenvalue weighted by atomic mass is 16.2. The Kier molecular flexibility index (Phi) is 5.11. The van der Waals surface area contributed by atoms with Crippen LogP contribution in [0, 0.1) is 0 Å². The first-order valence-electron chi connectivity index (χ1n) is 8.08. The lowest BCUT2D eigenvalue weighted by atomic mass is 10.1. The smallest absolute Gasteiger partial charge is 0.320 e. The Morgan fingerprint density at radius 3 is 2.60 bits per heavy atom. The van der Waals surface area contributed by atoms with Crippen LogP contribution >= 0.6 is 0 Å². The molecule has 0 saturated carbocycles. The normalized spacial score (nSPS) is 10.5. The van der Waals surface area contributed by atoms with E-state index in [1.54, 1.807) is 4.68 Å². The summed E-state index contributed by atoms with van der Waals surface area (Å²) in [6.07, 6.45) is 0. The van der Waals surface area contributed by atoms with E-state index in [0.717, 1.165) is 22.4 Å². The number of rotatable bonds is 5. The number of carbonyl (C=O) groups is 1. The van der Waals surface area contributed by atoms with E-state index in [1.165, 1.54) is 0 Å². The van der Waals surface area contributed by atoms with Gasteiger partial charge in [-0.15, -0.1) is 0 Å². The van der Waals surface area contributed by atoms with Crippen LogP contribution in [0.25, 0.3) is 11.3 Å². The van der Waals surface area contributed by atoms with Crippen LogP contribution < -0.4 is 16.4 Å². The summed E-state index contributed by atoms with van der Waals surface area (Å²) >= 11 is 0. The Balaban J connectivity index is 1.61. The highest BCUT2D eigenvalue weighted by molar-refractivity contribution is 5.88. The van der Waals surface area contributed by atoms with E-state index < -0.39 is 0 Å². The van der Waals surface area contributed by atoms with E-state index in [2.05, 4.69) is 15.7 Å². The summed E-state index contributed by atoms with van der Waals surface area (Å²) in [5.74, 6) is 0.509. The maximum Gasteiger partial charge on any atom is 0.320 e. The van der Waals surface area contributed by atoms with Crippen LogP contribution in [-0.2, 0) is 20.1 Å². The van der Waals surface area contributed by atoms with Crippen molar-refractivity contribution in [1.82, 2.24) is 15.1 Å². The Morgan fingerprint density at radius 2 is 1.84 bits per heavy atom. The van der Waals surface area contributed by atoms with Crippen molar-refractivity contribution in [1.29, 1.82) is 0 Å². The third kappa shape index (κ3) is 4.24. The number of benzene rings is 2. The fraction of sp³-hybridized carbons (Fsp3) is 0.158. The first-order valence-corrected chi connectivity index (χ1v) is 8.08. The predicted molar refractivity (Wildman–Crippen MR) is 98.8 cm³/mol. The number of aryl methyl sites for hydroxylation is 1. The van der Waals surface area contributed by atoms with Crippen molar-refractivity contribution < 1.29 is 4.79 Å². The van der Waals surface area contributed by atoms with Gasteiger partial charge in [-0.25, -0.2) is 4.79 Å². The molecule has 6 heteroatoms. The molecule has 0 radical (unpaired) electrons. The molecule has 0 aliphatic rings. The maximum atomic E-state index is 12.1. The van der Waals surface area contributed by atoms with Crippen molar-refractivity contribution in [3.05, 3.63) is 71.8 Å². The third-order valence-corrected chi connectivity index (χ3v) is 3.87. The molecule has 4 N–H and O–H groups in total. The van der Waals surface area contributed by atoms with Gasteiger partial charge >= 0.3 is 6.03 Å². The van der Waals surface area contributed by atoms with E-state index in [4.69, 9.17) is 5.73 Å². The second-order valence-electron chi connectivity index (χ2n) is 5.74. The molecule has 1 heterocycles. The van der Waals surface area contributed by atoms with Crippen LogP contribution in [0.15, 0.2) is 60.7 Å². The van der Waals surface area contributed by atoms with E-state index in [-0.39, 0.29) is 6.03 Å². The summed E-state index contributed by atoms with van der Waals surface area (Å²) in [6.45, 7) is 0.911. The molecule has 25 heavy (non-hydrogen) atoms. The van der Waals surface area contributed by atoms with Gasteiger partial charge in [0.15, 0.2) is 5.82 Å². The van der Waals surface area contributed by atoms with Crippen LogP contribution in [0.5, 0.6) is 0 Å². The van der Waals surface area contributed by atoms with Crippen LogP contribution in [0.1, 0.15) is 11.1 Å². The zero-order chi connectivity index (χ0) is 17.6. The molecule has 2 aromatic carbocycles. The summed E-state index contributed by atoms with van der Waals surface area (Å²) in [6, 6.07) is 19.3. The summed E-state index contributed by atoms with van der Waals surface area (Å²) in [5.41, 5.74) is 9.66. The minimum absolute atomic E-state index is 0.295. The van der Waals surface area contributed by atoms with Gasteiger partial charge in [0.05, 0.1) is 5.69 Å². The standard InChI is InChI=1S/C19H21N5O/c1-24-17(16-8-3-2-4-9-16)11-18(23-24)22-19(25)21-13-15-7-5-6-14(10-15)12-20/h2-11H,12-13,20H2,1H3,(H2,21,22,23,25). The summed E-state index contributed by atoms with van der Waals surface area (Å²) in [4.78, 5) is 12.1. The quantitative estimate of drug-likeness (QED) is 0.670. The highest BCUT2D eigenvalue weighted by Crippen LogP contribution is 2.21. The molecular formula is C19H21N5O. The largest absolute Gasteiger partial charge is 0.334 e. The number of nitrogens with zero attached hydrogens (tertiary/aromatic N) is 2. The number of urea groups is 1. The SMILES string of the molecule is Cn1nc(NC(=O)NCc2cccc(CN)c2)cc1-c1ccccc1. The molecule has 0 aliphatic heterocycles. The molecule has 128 valence electrons. The first kappa shape index (κ1) is 16.7. The van der Waals surface area contributed by atoms with Crippen molar-refractivity contribution in [2.24, 2.45) is 12.8 Å². The van der Waals surface area contributed by atoms with Gasteiger partial charge in [0.2, 0.25) is 0 Å². The van der Waals surface area contributed by atoms with Gasteiger partial charge in [-0.2, -0.15) is 5.10 Å². The molecule has 3 aromatic rings. The lowest BCUT2D eigenvalue weighted by molar-refractivity contribution is 0.251. The molecule has 0 saturated heterocycles. The zero-order valence-electron chi connectivity index (χ0n) is 14.1. The highest BCUT2D eigenvalue weighted by Gasteiger charge is 2.09. The van der Waals surface area contributed by atoms with Gasteiger partial charge in [-0.1, -0.05) is 54.6 Å². The molecule has 0 atom stereocenters. The van der Waals surface area contributed by atoms with Gasteiger partial charge in [-0.05, 0) is 16.7 Å². The molecule has 0 aliphatic carbocycles. The fourth-order valence-corrected chi connectivity index (χ4v) is 2.62. The molecule has 6 nitrogen and oxygen atoms in total. The van der Waals surface area contributed by atoms with Crippen molar-refractivity contribution in [3.63, 3.8) is 0 Å². The van der Waals surface area contributed by atoms with Crippen molar-refractivity contribution in [2.45, 2.75) is 13.1 Å². The number of aromatic nitrogens is 2. The van der Waals surface area contributed by atoms with E-state index in [0.29, 0.717) is 18.9 Å². The topological polar surface area (TPSA) is 85.0 Å². The summed E-state index contributed by atoms with van der Waals surface area (Å²) < 4.78 is 1.75. The summed E-state index contributed by atoms with van der Waals surface area (Å²) in [5, 5.41) is 9.93.